The van der Waals surface area contributed by atoms with Crippen molar-refractivity contribution in [2.75, 3.05) is 0 Å². The van der Waals surface area contributed by atoms with Crippen molar-refractivity contribution < 1.29 is 5.11 Å². The predicted octanol–water partition coefficient (Wildman–Crippen LogP) is 4.83. The summed E-state index contributed by atoms with van der Waals surface area (Å²) in [7, 11) is 0. The molecule has 0 saturated carbocycles. The Morgan fingerprint density at radius 3 is 2.44 bits per heavy atom. The number of thiophene rings is 1. The molecular formula is C15H17ClOS. The van der Waals surface area contributed by atoms with Gasteiger partial charge in [0.1, 0.15) is 6.10 Å². The van der Waals surface area contributed by atoms with E-state index in [1.54, 1.807) is 0 Å². The van der Waals surface area contributed by atoms with Crippen LogP contribution in [0.2, 0.25) is 4.34 Å². The molecule has 0 aliphatic rings. The van der Waals surface area contributed by atoms with Gasteiger partial charge in [0, 0.05) is 4.88 Å². The Balaban J connectivity index is 2.09. The van der Waals surface area contributed by atoms with E-state index in [9.17, 15) is 5.11 Å². The van der Waals surface area contributed by atoms with Gasteiger partial charge in [0.15, 0.2) is 0 Å². The molecule has 0 aliphatic heterocycles. The fraction of sp³-hybridized carbons (Fsp3) is 0.333. The van der Waals surface area contributed by atoms with E-state index in [1.165, 1.54) is 29.7 Å². The summed E-state index contributed by atoms with van der Waals surface area (Å²) >= 11 is 7.31. The first-order chi connectivity index (χ1) is 8.70. The van der Waals surface area contributed by atoms with Gasteiger partial charge < -0.3 is 5.11 Å². The van der Waals surface area contributed by atoms with Gasteiger partial charge in [-0.3, -0.25) is 0 Å². The molecule has 0 saturated heterocycles. The van der Waals surface area contributed by atoms with Crippen LogP contribution in [0.1, 0.15) is 41.9 Å². The van der Waals surface area contributed by atoms with Crippen molar-refractivity contribution in [2.45, 2.75) is 32.3 Å². The molecule has 0 amide bonds. The zero-order chi connectivity index (χ0) is 13.0. The van der Waals surface area contributed by atoms with E-state index in [4.69, 9.17) is 11.6 Å². The normalized spacial score (nSPS) is 12.6. The smallest absolute Gasteiger partial charge is 0.113 e. The van der Waals surface area contributed by atoms with E-state index in [1.807, 2.05) is 24.3 Å². The van der Waals surface area contributed by atoms with Crippen LogP contribution in [0.15, 0.2) is 36.4 Å². The van der Waals surface area contributed by atoms with E-state index < -0.39 is 6.10 Å². The van der Waals surface area contributed by atoms with Crippen LogP contribution in [0, 0.1) is 0 Å². The van der Waals surface area contributed by atoms with E-state index in [2.05, 4.69) is 19.1 Å². The van der Waals surface area contributed by atoms with Crippen LogP contribution in [-0.2, 0) is 6.42 Å². The van der Waals surface area contributed by atoms with E-state index >= 15 is 0 Å². The minimum Gasteiger partial charge on any atom is -0.383 e. The molecule has 1 nitrogen and oxygen atoms in total. The lowest BCUT2D eigenvalue weighted by molar-refractivity contribution is 0.224. The summed E-state index contributed by atoms with van der Waals surface area (Å²) in [6.45, 7) is 2.19. The van der Waals surface area contributed by atoms with Crippen molar-refractivity contribution in [1.82, 2.24) is 0 Å². The van der Waals surface area contributed by atoms with Gasteiger partial charge in [-0.1, -0.05) is 49.2 Å². The van der Waals surface area contributed by atoms with E-state index in [-0.39, 0.29) is 0 Å². The number of aliphatic hydroxyl groups is 1. The van der Waals surface area contributed by atoms with Crippen molar-refractivity contribution in [3.63, 3.8) is 0 Å². The molecule has 1 aromatic heterocycles. The van der Waals surface area contributed by atoms with Gasteiger partial charge in [-0.15, -0.1) is 11.3 Å². The number of aliphatic hydroxyl groups excluding tert-OH is 1. The first-order valence-electron chi connectivity index (χ1n) is 6.23. The molecule has 0 spiro atoms. The number of aryl methyl sites for hydroxylation is 1. The van der Waals surface area contributed by atoms with Gasteiger partial charge in [-0.05, 0) is 36.1 Å². The number of rotatable bonds is 5. The number of benzene rings is 1. The number of hydrogen-bond donors (Lipinski definition) is 1. The van der Waals surface area contributed by atoms with Gasteiger partial charge in [-0.25, -0.2) is 0 Å². The second-order valence-electron chi connectivity index (χ2n) is 4.39. The quantitative estimate of drug-likeness (QED) is 0.832. The summed E-state index contributed by atoms with van der Waals surface area (Å²) in [5.41, 5.74) is 2.26. The Kier molecular flexibility index (Phi) is 4.81. The Morgan fingerprint density at radius 2 is 1.89 bits per heavy atom. The maximum Gasteiger partial charge on any atom is 0.113 e. The maximum absolute atomic E-state index is 10.2. The lowest BCUT2D eigenvalue weighted by Gasteiger charge is -2.09. The second kappa shape index (κ2) is 6.37. The molecule has 18 heavy (non-hydrogen) atoms. The second-order valence-corrected chi connectivity index (χ2v) is 6.14. The summed E-state index contributed by atoms with van der Waals surface area (Å²) in [6.07, 6.45) is 2.96. The largest absolute Gasteiger partial charge is 0.383 e. The Labute approximate surface area is 117 Å². The third-order valence-electron chi connectivity index (χ3n) is 2.98. The minimum absolute atomic E-state index is 0.567. The van der Waals surface area contributed by atoms with Crippen LogP contribution in [-0.4, -0.2) is 5.11 Å². The fourth-order valence-electron chi connectivity index (χ4n) is 1.89. The predicted molar refractivity (Wildman–Crippen MR) is 78.4 cm³/mol. The van der Waals surface area contributed by atoms with Crippen LogP contribution in [0.25, 0.3) is 0 Å². The van der Waals surface area contributed by atoms with Crippen molar-refractivity contribution in [3.05, 3.63) is 56.7 Å². The Morgan fingerprint density at radius 1 is 1.17 bits per heavy atom. The molecule has 1 atom stereocenters. The first-order valence-corrected chi connectivity index (χ1v) is 7.42. The first kappa shape index (κ1) is 13.6. The highest BCUT2D eigenvalue weighted by atomic mass is 35.5. The number of hydrogen-bond acceptors (Lipinski definition) is 2. The summed E-state index contributed by atoms with van der Waals surface area (Å²) in [6, 6.07) is 11.9. The number of unbranched alkanes of at least 4 members (excludes halogenated alkanes) is 1. The highest BCUT2D eigenvalue weighted by Gasteiger charge is 2.12. The maximum atomic E-state index is 10.2. The van der Waals surface area contributed by atoms with Crippen molar-refractivity contribution >= 4 is 22.9 Å². The van der Waals surface area contributed by atoms with Crippen LogP contribution in [0.3, 0.4) is 0 Å². The monoisotopic (exact) mass is 280 g/mol. The number of halogens is 1. The lowest BCUT2D eigenvalue weighted by Crippen LogP contribution is -1.97. The molecule has 1 N–H and O–H groups in total. The third-order valence-corrected chi connectivity index (χ3v) is 4.26. The van der Waals surface area contributed by atoms with Gasteiger partial charge in [0.05, 0.1) is 4.34 Å². The van der Waals surface area contributed by atoms with Crippen LogP contribution >= 0.6 is 22.9 Å². The topological polar surface area (TPSA) is 20.2 Å². The standard InChI is InChI=1S/C15H17ClOS/c1-2-3-4-11-5-7-12(8-6-11)15(17)13-9-10-14(16)18-13/h5-10,15,17H,2-4H2,1H3. The van der Waals surface area contributed by atoms with Crippen LogP contribution < -0.4 is 0 Å². The van der Waals surface area contributed by atoms with Gasteiger partial charge in [0.25, 0.3) is 0 Å². The Hall–Kier alpha value is -0.830. The summed E-state index contributed by atoms with van der Waals surface area (Å²) in [4.78, 5) is 0.890. The third kappa shape index (κ3) is 3.35. The van der Waals surface area contributed by atoms with Crippen molar-refractivity contribution in [2.24, 2.45) is 0 Å². The van der Waals surface area contributed by atoms with E-state index in [0.29, 0.717) is 4.34 Å². The fourth-order valence-corrected chi connectivity index (χ4v) is 2.96. The average Bonchev–Trinajstić information content (AvgIpc) is 2.83. The molecule has 0 aliphatic carbocycles. The molecule has 3 heteroatoms. The SMILES string of the molecule is CCCCc1ccc(C(O)c2ccc(Cl)s2)cc1. The molecule has 2 rings (SSSR count). The average molecular weight is 281 g/mol. The van der Waals surface area contributed by atoms with Gasteiger partial charge >= 0.3 is 0 Å². The summed E-state index contributed by atoms with van der Waals surface area (Å²) < 4.78 is 0.712. The van der Waals surface area contributed by atoms with Crippen molar-refractivity contribution in [1.29, 1.82) is 0 Å². The molecule has 1 heterocycles. The lowest BCUT2D eigenvalue weighted by atomic mass is 10.0. The van der Waals surface area contributed by atoms with E-state index in [0.717, 1.165) is 16.9 Å². The summed E-state index contributed by atoms with van der Waals surface area (Å²) in [5.74, 6) is 0. The highest BCUT2D eigenvalue weighted by Crippen LogP contribution is 2.30. The molecule has 0 fully saturated rings. The van der Waals surface area contributed by atoms with Crippen LogP contribution in [0.4, 0.5) is 0 Å². The van der Waals surface area contributed by atoms with Crippen LogP contribution in [0.5, 0.6) is 0 Å². The molecule has 0 bridgehead atoms. The zero-order valence-corrected chi connectivity index (χ0v) is 12.0. The Bertz CT molecular complexity index is 489. The summed E-state index contributed by atoms with van der Waals surface area (Å²) in [5, 5.41) is 10.2. The highest BCUT2D eigenvalue weighted by molar-refractivity contribution is 7.16. The molecular weight excluding hydrogens is 264 g/mol. The molecule has 1 aromatic carbocycles. The molecule has 1 unspecified atom stereocenters. The van der Waals surface area contributed by atoms with Gasteiger partial charge in [0.2, 0.25) is 0 Å². The molecule has 96 valence electrons. The molecule has 0 radical (unpaired) electrons. The zero-order valence-electron chi connectivity index (χ0n) is 10.4. The minimum atomic E-state index is -0.567. The van der Waals surface area contributed by atoms with Gasteiger partial charge in [-0.2, -0.15) is 0 Å². The van der Waals surface area contributed by atoms with Crippen molar-refractivity contribution in [3.8, 4) is 0 Å². The molecule has 2 aromatic rings.